The average Bonchev–Trinajstić information content (AvgIpc) is 2.42. The number of carboxylic acid groups (broad SMARTS) is 1. The summed E-state index contributed by atoms with van der Waals surface area (Å²) in [5.41, 5.74) is 0. The lowest BCUT2D eigenvalue weighted by Crippen LogP contribution is -2.20. The maximum atomic E-state index is 10.5. The first kappa shape index (κ1) is 23.2. The highest BCUT2D eigenvalue weighted by Crippen LogP contribution is 2.04. The Bertz CT molecular complexity index is 247. The highest BCUT2D eigenvalue weighted by molar-refractivity contribution is 5.72. The molecule has 0 heterocycles. The molecule has 22 heavy (non-hydrogen) atoms. The molecule has 0 aliphatic heterocycles. The first-order valence-electron chi connectivity index (χ1n) is 8.54. The number of aliphatic carboxylic acids is 1. The molecule has 0 fully saturated rings. The summed E-state index contributed by atoms with van der Waals surface area (Å²) in [5.74, 6) is -0.709. The van der Waals surface area contributed by atoms with Crippen LogP contribution in [0.1, 0.15) is 85.0 Å². The van der Waals surface area contributed by atoms with Crippen molar-refractivity contribution >= 4 is 11.9 Å². The molecule has 5 heteroatoms. The van der Waals surface area contributed by atoms with Gasteiger partial charge < -0.3 is 15.5 Å². The molecule has 0 spiro atoms. The number of carbonyl (C=O) groups is 2. The van der Waals surface area contributed by atoms with Crippen molar-refractivity contribution in [2.24, 2.45) is 0 Å². The van der Waals surface area contributed by atoms with Crippen LogP contribution in [0, 0.1) is 0 Å². The SMILES string of the molecule is CC(=O)NCCCCCCCC(=O)O.CCCCCC(C)O. The van der Waals surface area contributed by atoms with Crippen LogP contribution in [0.2, 0.25) is 0 Å². The van der Waals surface area contributed by atoms with Gasteiger partial charge in [0.2, 0.25) is 5.91 Å². The van der Waals surface area contributed by atoms with Crippen molar-refractivity contribution in [2.45, 2.75) is 91.1 Å². The summed E-state index contributed by atoms with van der Waals surface area (Å²) >= 11 is 0. The lowest BCUT2D eigenvalue weighted by molar-refractivity contribution is -0.137. The monoisotopic (exact) mass is 317 g/mol. The summed E-state index contributed by atoms with van der Waals surface area (Å²) in [6.45, 7) is 6.25. The number of carboxylic acids is 1. The largest absolute Gasteiger partial charge is 0.481 e. The first-order chi connectivity index (χ1) is 10.4. The van der Waals surface area contributed by atoms with Crippen molar-refractivity contribution in [3.8, 4) is 0 Å². The summed E-state index contributed by atoms with van der Waals surface area (Å²) in [5, 5.41) is 19.9. The summed E-state index contributed by atoms with van der Waals surface area (Å²) in [7, 11) is 0. The van der Waals surface area contributed by atoms with E-state index >= 15 is 0 Å². The minimum atomic E-state index is -0.719. The summed E-state index contributed by atoms with van der Waals surface area (Å²) in [4.78, 5) is 20.6. The van der Waals surface area contributed by atoms with Crippen LogP contribution in [0.3, 0.4) is 0 Å². The maximum absolute atomic E-state index is 10.5. The molecule has 0 saturated heterocycles. The topological polar surface area (TPSA) is 86.6 Å². The van der Waals surface area contributed by atoms with Crippen molar-refractivity contribution in [3.05, 3.63) is 0 Å². The summed E-state index contributed by atoms with van der Waals surface area (Å²) in [6.07, 6.45) is 9.62. The summed E-state index contributed by atoms with van der Waals surface area (Å²) < 4.78 is 0. The number of unbranched alkanes of at least 4 members (excludes halogenated alkanes) is 6. The van der Waals surface area contributed by atoms with Gasteiger partial charge in [0.05, 0.1) is 6.10 Å². The smallest absolute Gasteiger partial charge is 0.303 e. The molecule has 0 rings (SSSR count). The number of rotatable bonds is 12. The van der Waals surface area contributed by atoms with E-state index in [9.17, 15) is 9.59 Å². The highest BCUT2D eigenvalue weighted by Gasteiger charge is 1.96. The van der Waals surface area contributed by atoms with Crippen molar-refractivity contribution in [2.75, 3.05) is 6.54 Å². The van der Waals surface area contributed by atoms with Crippen molar-refractivity contribution < 1.29 is 19.8 Å². The van der Waals surface area contributed by atoms with E-state index in [0.29, 0.717) is 0 Å². The number of nitrogens with one attached hydrogen (secondary N) is 1. The molecule has 0 aromatic rings. The number of carbonyl (C=O) groups excluding carboxylic acids is 1. The first-order valence-corrected chi connectivity index (χ1v) is 8.54. The van der Waals surface area contributed by atoms with Gasteiger partial charge >= 0.3 is 5.97 Å². The maximum Gasteiger partial charge on any atom is 0.303 e. The molecular formula is C17H35NO4. The van der Waals surface area contributed by atoms with Gasteiger partial charge in [-0.2, -0.15) is 0 Å². The zero-order chi connectivity index (χ0) is 17.2. The predicted molar refractivity (Wildman–Crippen MR) is 89.8 cm³/mol. The van der Waals surface area contributed by atoms with Crippen LogP contribution in [-0.4, -0.2) is 34.7 Å². The van der Waals surface area contributed by atoms with Gasteiger partial charge in [-0.15, -0.1) is 0 Å². The van der Waals surface area contributed by atoms with E-state index in [1.54, 1.807) is 0 Å². The van der Waals surface area contributed by atoms with Gasteiger partial charge in [-0.3, -0.25) is 9.59 Å². The van der Waals surface area contributed by atoms with Gasteiger partial charge in [-0.25, -0.2) is 0 Å². The lowest BCUT2D eigenvalue weighted by atomic mass is 10.1. The van der Waals surface area contributed by atoms with Crippen LogP contribution in [0.5, 0.6) is 0 Å². The average molecular weight is 317 g/mol. The molecule has 0 radical (unpaired) electrons. The molecule has 0 aromatic heterocycles. The van der Waals surface area contributed by atoms with Crippen LogP contribution in [0.25, 0.3) is 0 Å². The van der Waals surface area contributed by atoms with Crippen LogP contribution < -0.4 is 5.32 Å². The highest BCUT2D eigenvalue weighted by atomic mass is 16.4. The van der Waals surface area contributed by atoms with Gasteiger partial charge in [0.25, 0.3) is 0 Å². The molecule has 0 bridgehead atoms. The van der Waals surface area contributed by atoms with Crippen LogP contribution in [0.15, 0.2) is 0 Å². The number of hydrogen-bond donors (Lipinski definition) is 3. The van der Waals surface area contributed by atoms with Crippen molar-refractivity contribution in [1.29, 1.82) is 0 Å². The molecule has 1 atom stereocenters. The molecule has 0 aliphatic rings. The van der Waals surface area contributed by atoms with Crippen molar-refractivity contribution in [3.63, 3.8) is 0 Å². The fourth-order valence-corrected chi connectivity index (χ4v) is 1.89. The second-order valence-electron chi connectivity index (χ2n) is 5.74. The third kappa shape index (κ3) is 27.3. The minimum absolute atomic E-state index is 0.0101. The van der Waals surface area contributed by atoms with E-state index in [4.69, 9.17) is 10.2 Å². The third-order valence-electron chi connectivity index (χ3n) is 3.17. The van der Waals surface area contributed by atoms with E-state index in [2.05, 4.69) is 12.2 Å². The van der Waals surface area contributed by atoms with Crippen LogP contribution in [0.4, 0.5) is 0 Å². The fourth-order valence-electron chi connectivity index (χ4n) is 1.89. The van der Waals surface area contributed by atoms with Gasteiger partial charge in [-0.1, -0.05) is 45.4 Å². The van der Waals surface area contributed by atoms with Crippen LogP contribution in [-0.2, 0) is 9.59 Å². The summed E-state index contributed by atoms with van der Waals surface area (Å²) in [6, 6.07) is 0. The van der Waals surface area contributed by atoms with Gasteiger partial charge in [-0.05, 0) is 26.2 Å². The van der Waals surface area contributed by atoms with Crippen LogP contribution >= 0.6 is 0 Å². The zero-order valence-corrected chi connectivity index (χ0v) is 14.6. The Morgan fingerprint density at radius 3 is 2.09 bits per heavy atom. The Morgan fingerprint density at radius 2 is 1.59 bits per heavy atom. The normalized spacial score (nSPS) is 11.3. The Balaban J connectivity index is 0. The molecule has 3 N–H and O–H groups in total. The van der Waals surface area contributed by atoms with E-state index in [0.717, 1.165) is 45.1 Å². The Labute approximate surface area is 135 Å². The molecule has 132 valence electrons. The fraction of sp³-hybridized carbons (Fsp3) is 0.882. The Morgan fingerprint density at radius 1 is 1.00 bits per heavy atom. The van der Waals surface area contributed by atoms with Gasteiger partial charge in [0, 0.05) is 19.9 Å². The third-order valence-corrected chi connectivity index (χ3v) is 3.17. The molecule has 5 nitrogen and oxygen atoms in total. The lowest BCUT2D eigenvalue weighted by Gasteiger charge is -2.01. The standard InChI is InChI=1S/C10H19NO3.C7H16O/c1-9(12)11-8-6-4-2-3-5-7-10(13)14;1-3-4-5-6-7(2)8/h2-8H2,1H3,(H,11,12)(H,13,14);7-8H,3-6H2,1-2H3. The second kappa shape index (κ2) is 18.0. The Kier molecular flexibility index (Phi) is 18.9. The molecule has 0 saturated carbocycles. The van der Waals surface area contributed by atoms with E-state index in [1.807, 2.05) is 6.92 Å². The van der Waals surface area contributed by atoms with Crippen molar-refractivity contribution in [1.82, 2.24) is 5.32 Å². The number of amides is 1. The zero-order valence-electron chi connectivity index (χ0n) is 14.6. The van der Waals surface area contributed by atoms with E-state index < -0.39 is 5.97 Å². The predicted octanol–water partition coefficient (Wildman–Crippen LogP) is 3.50. The quantitative estimate of drug-likeness (QED) is 0.481. The molecule has 0 aliphatic carbocycles. The number of aliphatic hydroxyl groups is 1. The van der Waals surface area contributed by atoms with Gasteiger partial charge in [0.15, 0.2) is 0 Å². The van der Waals surface area contributed by atoms with Gasteiger partial charge in [0.1, 0.15) is 0 Å². The molecule has 0 aromatic carbocycles. The molecule has 1 amide bonds. The number of hydrogen-bond acceptors (Lipinski definition) is 3. The Hall–Kier alpha value is -1.10. The number of aliphatic hydroxyl groups excluding tert-OH is 1. The molecular weight excluding hydrogens is 282 g/mol. The minimum Gasteiger partial charge on any atom is -0.481 e. The van der Waals surface area contributed by atoms with E-state index in [1.165, 1.54) is 26.2 Å². The second-order valence-corrected chi connectivity index (χ2v) is 5.74. The molecule has 1 unspecified atom stereocenters. The van der Waals surface area contributed by atoms with E-state index in [-0.39, 0.29) is 18.4 Å².